The SMILES string of the molecule is Cl.Nc1ncnc2c1c(-c1ccc(C(F)(F)F)c(OCc3ccccc3)c1)nn2C1Cc2ccccc2C1. The van der Waals surface area contributed by atoms with Crippen LogP contribution in [0.1, 0.15) is 28.3 Å². The molecule has 6 nitrogen and oxygen atoms in total. The lowest BCUT2D eigenvalue weighted by Gasteiger charge is -2.15. The minimum Gasteiger partial charge on any atom is -0.488 e. The maximum Gasteiger partial charge on any atom is 0.419 e. The quantitative estimate of drug-likeness (QED) is 0.279. The summed E-state index contributed by atoms with van der Waals surface area (Å²) in [5.41, 5.74) is 10.0. The van der Waals surface area contributed by atoms with E-state index in [9.17, 15) is 13.2 Å². The normalized spacial score (nSPS) is 13.3. The number of anilines is 1. The smallest absolute Gasteiger partial charge is 0.419 e. The van der Waals surface area contributed by atoms with Gasteiger partial charge in [0.15, 0.2) is 5.65 Å². The predicted molar refractivity (Wildman–Crippen MR) is 141 cm³/mol. The van der Waals surface area contributed by atoms with Crippen LogP contribution in [0.2, 0.25) is 0 Å². The zero-order valence-corrected chi connectivity index (χ0v) is 20.8. The third-order valence-electron chi connectivity index (χ3n) is 6.69. The molecular weight excluding hydrogens is 515 g/mol. The lowest BCUT2D eigenvalue weighted by atomic mass is 10.1. The number of nitrogen functional groups attached to an aromatic ring is 1. The molecule has 2 N–H and O–H groups in total. The summed E-state index contributed by atoms with van der Waals surface area (Å²) in [6.07, 6.45) is -1.66. The van der Waals surface area contributed by atoms with Crippen LogP contribution in [-0.2, 0) is 25.6 Å². The van der Waals surface area contributed by atoms with Crippen LogP contribution in [-0.4, -0.2) is 19.7 Å². The fourth-order valence-corrected chi connectivity index (χ4v) is 4.92. The largest absolute Gasteiger partial charge is 0.488 e. The van der Waals surface area contributed by atoms with Crippen LogP contribution in [0.15, 0.2) is 79.1 Å². The second-order valence-electron chi connectivity index (χ2n) is 9.06. The number of hydrogen-bond acceptors (Lipinski definition) is 5. The van der Waals surface area contributed by atoms with Gasteiger partial charge >= 0.3 is 6.18 Å². The topological polar surface area (TPSA) is 78.8 Å². The summed E-state index contributed by atoms with van der Waals surface area (Å²) in [6, 6.07) is 21.0. The Bertz CT molecular complexity index is 1580. The van der Waals surface area contributed by atoms with E-state index in [0.29, 0.717) is 22.3 Å². The fourth-order valence-electron chi connectivity index (χ4n) is 4.92. The maximum absolute atomic E-state index is 13.8. The summed E-state index contributed by atoms with van der Waals surface area (Å²) in [5.74, 6) is -0.0614. The second-order valence-corrected chi connectivity index (χ2v) is 9.06. The van der Waals surface area contributed by atoms with Crippen molar-refractivity contribution in [3.05, 3.63) is 101 Å². The zero-order chi connectivity index (χ0) is 25.6. The van der Waals surface area contributed by atoms with Crippen LogP contribution in [0.4, 0.5) is 19.0 Å². The van der Waals surface area contributed by atoms with Gasteiger partial charge in [0.1, 0.15) is 30.2 Å². The van der Waals surface area contributed by atoms with Gasteiger partial charge in [-0.25, -0.2) is 14.6 Å². The van der Waals surface area contributed by atoms with E-state index < -0.39 is 11.7 Å². The van der Waals surface area contributed by atoms with Crippen LogP contribution in [0, 0.1) is 0 Å². The number of ether oxygens (including phenoxy) is 1. The Balaban J connectivity index is 0.00000294. The van der Waals surface area contributed by atoms with E-state index in [4.69, 9.17) is 15.6 Å². The van der Waals surface area contributed by atoms with Gasteiger partial charge < -0.3 is 10.5 Å². The Morgan fingerprint density at radius 2 is 1.61 bits per heavy atom. The Labute approximate surface area is 222 Å². The monoisotopic (exact) mass is 537 g/mol. The van der Waals surface area contributed by atoms with Crippen molar-refractivity contribution in [1.29, 1.82) is 0 Å². The molecule has 0 fully saturated rings. The molecule has 38 heavy (non-hydrogen) atoms. The molecule has 1 aliphatic rings. The van der Waals surface area contributed by atoms with Crippen LogP contribution in [0.3, 0.4) is 0 Å². The Kier molecular flexibility index (Phi) is 6.71. The van der Waals surface area contributed by atoms with Gasteiger partial charge in [0.05, 0.1) is 17.0 Å². The summed E-state index contributed by atoms with van der Waals surface area (Å²) in [5, 5.41) is 5.34. The number of benzene rings is 3. The molecule has 194 valence electrons. The molecule has 0 spiro atoms. The Hall–Kier alpha value is -4.11. The number of nitrogens with two attached hydrogens (primary N) is 1. The predicted octanol–water partition coefficient (Wildman–Crippen LogP) is 6.44. The van der Waals surface area contributed by atoms with Crippen LogP contribution < -0.4 is 10.5 Å². The number of alkyl halides is 3. The first-order chi connectivity index (χ1) is 17.9. The summed E-state index contributed by atoms with van der Waals surface area (Å²) in [6.45, 7) is -0.00581. The van der Waals surface area contributed by atoms with E-state index in [2.05, 4.69) is 22.1 Å². The van der Waals surface area contributed by atoms with Crippen molar-refractivity contribution >= 4 is 29.3 Å². The first-order valence-electron chi connectivity index (χ1n) is 11.8. The molecule has 1 aliphatic carbocycles. The zero-order valence-electron chi connectivity index (χ0n) is 20.0. The molecule has 0 aliphatic heterocycles. The Morgan fingerprint density at radius 3 is 2.29 bits per heavy atom. The van der Waals surface area contributed by atoms with Crippen molar-refractivity contribution < 1.29 is 17.9 Å². The third-order valence-corrected chi connectivity index (χ3v) is 6.69. The van der Waals surface area contributed by atoms with E-state index in [1.54, 1.807) is 12.1 Å². The molecule has 6 rings (SSSR count). The van der Waals surface area contributed by atoms with Gasteiger partial charge in [0.2, 0.25) is 0 Å². The van der Waals surface area contributed by atoms with Gasteiger partial charge in [-0.1, -0.05) is 60.7 Å². The molecule has 10 heteroatoms. The Morgan fingerprint density at radius 1 is 0.921 bits per heavy atom. The van der Waals surface area contributed by atoms with Crippen LogP contribution in [0.5, 0.6) is 5.75 Å². The highest BCUT2D eigenvalue weighted by molar-refractivity contribution is 5.98. The molecule has 2 aromatic heterocycles. The van der Waals surface area contributed by atoms with Crippen molar-refractivity contribution in [3.8, 4) is 17.0 Å². The molecular formula is C28H23ClF3N5O. The summed E-state index contributed by atoms with van der Waals surface area (Å²) in [7, 11) is 0. The third kappa shape index (κ3) is 4.65. The average molecular weight is 538 g/mol. The van der Waals surface area contributed by atoms with Crippen molar-refractivity contribution in [1.82, 2.24) is 19.7 Å². The van der Waals surface area contributed by atoms with E-state index in [0.717, 1.165) is 24.5 Å². The minimum atomic E-state index is -4.58. The highest BCUT2D eigenvalue weighted by atomic mass is 35.5. The molecule has 0 radical (unpaired) electrons. The molecule has 5 aromatic rings. The van der Waals surface area contributed by atoms with E-state index in [-0.39, 0.29) is 36.6 Å². The number of rotatable bonds is 5. The van der Waals surface area contributed by atoms with Gasteiger partial charge in [-0.2, -0.15) is 18.3 Å². The van der Waals surface area contributed by atoms with Crippen LogP contribution >= 0.6 is 12.4 Å². The highest BCUT2D eigenvalue weighted by Gasteiger charge is 2.35. The van der Waals surface area contributed by atoms with Gasteiger partial charge in [-0.15, -0.1) is 12.4 Å². The highest BCUT2D eigenvalue weighted by Crippen LogP contribution is 2.41. The van der Waals surface area contributed by atoms with Crippen molar-refractivity contribution in [3.63, 3.8) is 0 Å². The molecule has 0 saturated carbocycles. The second kappa shape index (κ2) is 9.98. The lowest BCUT2D eigenvalue weighted by molar-refractivity contribution is -0.139. The molecule has 0 atom stereocenters. The summed E-state index contributed by atoms with van der Waals surface area (Å²) in [4.78, 5) is 8.58. The first kappa shape index (κ1) is 25.5. The van der Waals surface area contributed by atoms with E-state index >= 15 is 0 Å². The van der Waals surface area contributed by atoms with Gasteiger partial charge in [-0.3, -0.25) is 0 Å². The number of hydrogen-bond donors (Lipinski definition) is 1. The summed E-state index contributed by atoms with van der Waals surface area (Å²) >= 11 is 0. The molecule has 0 saturated heterocycles. The lowest BCUT2D eigenvalue weighted by Crippen LogP contribution is -2.11. The summed E-state index contributed by atoms with van der Waals surface area (Å²) < 4.78 is 49.0. The van der Waals surface area contributed by atoms with Gasteiger partial charge in [0.25, 0.3) is 0 Å². The van der Waals surface area contributed by atoms with Gasteiger partial charge in [-0.05, 0) is 41.7 Å². The molecule has 3 aromatic carbocycles. The number of nitrogens with zero attached hydrogens (tertiary/aromatic N) is 4. The number of aromatic nitrogens is 4. The van der Waals surface area contributed by atoms with Crippen molar-refractivity contribution in [2.75, 3.05) is 5.73 Å². The maximum atomic E-state index is 13.8. The fraction of sp³-hybridized carbons (Fsp3) is 0.179. The standard InChI is InChI=1S/C28H22F3N5O.ClH/c29-28(30,31)22-11-10-20(14-23(22)37-15-17-6-2-1-3-7-17)25-24-26(32)33-16-34-27(24)36(35-25)21-12-18-8-4-5-9-19(18)13-21;/h1-11,14,16,21H,12-13,15H2,(H2,32,33,34);1H. The van der Waals surface area contributed by atoms with E-state index in [1.165, 1.54) is 29.6 Å². The van der Waals surface area contributed by atoms with Crippen molar-refractivity contribution in [2.24, 2.45) is 0 Å². The minimum absolute atomic E-state index is 0. The van der Waals surface area contributed by atoms with Crippen LogP contribution in [0.25, 0.3) is 22.3 Å². The average Bonchev–Trinajstić information content (AvgIpc) is 3.50. The van der Waals surface area contributed by atoms with Gasteiger partial charge in [0, 0.05) is 5.56 Å². The number of fused-ring (bicyclic) bond motifs is 2. The molecule has 2 heterocycles. The number of halogens is 4. The molecule has 0 amide bonds. The molecule has 0 unspecified atom stereocenters. The first-order valence-corrected chi connectivity index (χ1v) is 11.8. The van der Waals surface area contributed by atoms with E-state index in [1.807, 2.05) is 35.0 Å². The molecule has 0 bridgehead atoms. The van der Waals surface area contributed by atoms with Crippen molar-refractivity contribution in [2.45, 2.75) is 31.7 Å².